The summed E-state index contributed by atoms with van der Waals surface area (Å²) in [5, 5.41) is 0.854. The van der Waals surface area contributed by atoms with E-state index in [0.717, 1.165) is 11.8 Å². The van der Waals surface area contributed by atoms with Gasteiger partial charge in [0.25, 0.3) is 0 Å². The van der Waals surface area contributed by atoms with Crippen molar-refractivity contribution in [1.82, 2.24) is 0 Å². The Morgan fingerprint density at radius 1 is 1.75 bits per heavy atom. The Kier molecular flexibility index (Phi) is 1.54. The predicted molar refractivity (Wildman–Crippen MR) is 39.1 cm³/mol. The van der Waals surface area contributed by atoms with E-state index in [-0.39, 0.29) is 0 Å². The van der Waals surface area contributed by atoms with E-state index in [1.807, 2.05) is 11.8 Å². The first-order valence-electron chi connectivity index (χ1n) is 2.98. The highest BCUT2D eigenvalue weighted by Crippen LogP contribution is 2.43. The van der Waals surface area contributed by atoms with Gasteiger partial charge in [0.05, 0.1) is 0 Å². The van der Waals surface area contributed by atoms with Crippen LogP contribution in [0.5, 0.6) is 0 Å². The van der Waals surface area contributed by atoms with E-state index in [4.69, 9.17) is 5.73 Å². The van der Waals surface area contributed by atoms with Crippen molar-refractivity contribution in [1.29, 1.82) is 0 Å². The monoisotopic (exact) mass is 131 g/mol. The molecule has 0 radical (unpaired) electrons. The molecule has 1 nitrogen and oxygen atoms in total. The number of thioether (sulfide) groups is 1. The van der Waals surface area contributed by atoms with E-state index in [0.29, 0.717) is 5.41 Å². The van der Waals surface area contributed by atoms with Crippen molar-refractivity contribution in [3.8, 4) is 0 Å². The molecule has 1 atom stereocenters. The van der Waals surface area contributed by atoms with Crippen LogP contribution in [0.4, 0.5) is 0 Å². The molecule has 0 saturated carbocycles. The fourth-order valence-electron chi connectivity index (χ4n) is 0.631. The van der Waals surface area contributed by atoms with Crippen LogP contribution >= 0.6 is 11.8 Å². The highest BCUT2D eigenvalue weighted by atomic mass is 32.2. The Hall–Kier alpha value is 0.310. The highest BCUT2D eigenvalue weighted by molar-refractivity contribution is 8.06. The van der Waals surface area contributed by atoms with Crippen LogP contribution in [0.15, 0.2) is 0 Å². The van der Waals surface area contributed by atoms with Crippen molar-refractivity contribution >= 4 is 11.8 Å². The van der Waals surface area contributed by atoms with Crippen molar-refractivity contribution in [2.45, 2.75) is 19.1 Å². The van der Waals surface area contributed by atoms with Gasteiger partial charge in [0, 0.05) is 11.0 Å². The summed E-state index contributed by atoms with van der Waals surface area (Å²) >= 11 is 2.02. The Morgan fingerprint density at radius 3 is 2.38 bits per heavy atom. The average Bonchev–Trinajstić information content (AvgIpc) is 2.44. The third-order valence-corrected chi connectivity index (χ3v) is 3.04. The summed E-state index contributed by atoms with van der Waals surface area (Å²) in [4.78, 5) is 0. The van der Waals surface area contributed by atoms with Crippen molar-refractivity contribution in [3.63, 3.8) is 0 Å². The molecular weight excluding hydrogens is 118 g/mol. The average molecular weight is 131 g/mol. The van der Waals surface area contributed by atoms with Gasteiger partial charge in [-0.2, -0.15) is 11.8 Å². The summed E-state index contributed by atoms with van der Waals surface area (Å²) in [6.45, 7) is 5.29. The Balaban J connectivity index is 2.37. The number of nitrogens with two attached hydrogens (primary N) is 1. The summed E-state index contributed by atoms with van der Waals surface area (Å²) < 4.78 is 0. The summed E-state index contributed by atoms with van der Waals surface area (Å²) in [7, 11) is 0. The fraction of sp³-hybridized carbons (Fsp3) is 1.00. The SMILES string of the molecule is CC(C)(CN)C1CS1. The van der Waals surface area contributed by atoms with E-state index < -0.39 is 0 Å². The maximum Gasteiger partial charge on any atom is 0.0201 e. The van der Waals surface area contributed by atoms with Crippen molar-refractivity contribution in [3.05, 3.63) is 0 Å². The van der Waals surface area contributed by atoms with Crippen LogP contribution in [-0.4, -0.2) is 17.5 Å². The van der Waals surface area contributed by atoms with Gasteiger partial charge in [-0.1, -0.05) is 13.8 Å². The zero-order chi connectivity index (χ0) is 6.20. The van der Waals surface area contributed by atoms with Gasteiger partial charge in [0.15, 0.2) is 0 Å². The zero-order valence-corrected chi connectivity index (χ0v) is 6.29. The molecule has 1 saturated heterocycles. The first-order valence-corrected chi connectivity index (χ1v) is 4.03. The maximum atomic E-state index is 5.53. The lowest BCUT2D eigenvalue weighted by molar-refractivity contribution is 0.398. The Morgan fingerprint density at radius 2 is 2.25 bits per heavy atom. The number of rotatable bonds is 2. The quantitative estimate of drug-likeness (QED) is 0.568. The van der Waals surface area contributed by atoms with Crippen LogP contribution in [0.3, 0.4) is 0 Å². The van der Waals surface area contributed by atoms with Gasteiger partial charge in [-0.05, 0) is 12.0 Å². The van der Waals surface area contributed by atoms with Gasteiger partial charge in [0.2, 0.25) is 0 Å². The number of hydrogen-bond acceptors (Lipinski definition) is 2. The van der Waals surface area contributed by atoms with Crippen LogP contribution in [0.2, 0.25) is 0 Å². The molecule has 1 rings (SSSR count). The van der Waals surface area contributed by atoms with Gasteiger partial charge in [0.1, 0.15) is 0 Å². The molecule has 8 heavy (non-hydrogen) atoms. The van der Waals surface area contributed by atoms with Gasteiger partial charge >= 0.3 is 0 Å². The third-order valence-electron chi connectivity index (χ3n) is 1.73. The fourth-order valence-corrected chi connectivity index (χ4v) is 1.73. The minimum absolute atomic E-state index is 0.394. The molecule has 0 bridgehead atoms. The summed E-state index contributed by atoms with van der Waals surface area (Å²) in [5.74, 6) is 1.32. The smallest absolute Gasteiger partial charge is 0.0201 e. The van der Waals surface area contributed by atoms with Gasteiger partial charge in [-0.15, -0.1) is 0 Å². The zero-order valence-electron chi connectivity index (χ0n) is 5.48. The molecule has 48 valence electrons. The molecule has 0 amide bonds. The molecule has 0 aromatic heterocycles. The largest absolute Gasteiger partial charge is 0.330 e. The Labute approximate surface area is 55.0 Å². The third kappa shape index (κ3) is 1.17. The first kappa shape index (κ1) is 6.43. The molecule has 1 heterocycles. The van der Waals surface area contributed by atoms with Crippen LogP contribution in [0.25, 0.3) is 0 Å². The van der Waals surface area contributed by atoms with Crippen LogP contribution in [0, 0.1) is 5.41 Å². The van der Waals surface area contributed by atoms with Gasteiger partial charge in [-0.25, -0.2) is 0 Å². The topological polar surface area (TPSA) is 26.0 Å². The summed E-state index contributed by atoms with van der Waals surface area (Å²) in [5.41, 5.74) is 5.93. The summed E-state index contributed by atoms with van der Waals surface area (Å²) in [6, 6.07) is 0. The van der Waals surface area contributed by atoms with E-state index in [1.165, 1.54) is 5.75 Å². The molecule has 0 aromatic rings. The predicted octanol–water partition coefficient (Wildman–Crippen LogP) is 1.09. The van der Waals surface area contributed by atoms with Crippen LogP contribution in [-0.2, 0) is 0 Å². The molecule has 1 aliphatic rings. The second kappa shape index (κ2) is 1.92. The summed E-state index contributed by atoms with van der Waals surface area (Å²) in [6.07, 6.45) is 0. The maximum absolute atomic E-state index is 5.53. The van der Waals surface area contributed by atoms with E-state index >= 15 is 0 Å². The Bertz CT molecular complexity index is 86.5. The molecule has 1 unspecified atom stereocenters. The molecule has 2 N–H and O–H groups in total. The minimum atomic E-state index is 0.394. The van der Waals surface area contributed by atoms with E-state index in [2.05, 4.69) is 13.8 Å². The molecule has 1 fully saturated rings. The number of hydrogen-bond donors (Lipinski definition) is 1. The van der Waals surface area contributed by atoms with E-state index in [1.54, 1.807) is 0 Å². The second-order valence-electron chi connectivity index (χ2n) is 3.01. The van der Waals surface area contributed by atoms with Crippen LogP contribution < -0.4 is 5.73 Å². The van der Waals surface area contributed by atoms with Gasteiger partial charge < -0.3 is 5.73 Å². The lowest BCUT2D eigenvalue weighted by Gasteiger charge is -2.19. The molecule has 2 heteroatoms. The second-order valence-corrected chi connectivity index (χ2v) is 4.25. The van der Waals surface area contributed by atoms with E-state index in [9.17, 15) is 0 Å². The lowest BCUT2D eigenvalue weighted by atomic mass is 9.91. The minimum Gasteiger partial charge on any atom is -0.330 e. The highest BCUT2D eigenvalue weighted by Gasteiger charge is 2.37. The van der Waals surface area contributed by atoms with Crippen molar-refractivity contribution in [2.24, 2.45) is 11.1 Å². The lowest BCUT2D eigenvalue weighted by Crippen LogP contribution is -2.28. The standard InChI is InChI=1S/C6H13NS/c1-6(2,4-7)5-3-8-5/h5H,3-4,7H2,1-2H3. The first-order chi connectivity index (χ1) is 3.67. The van der Waals surface area contributed by atoms with Crippen molar-refractivity contribution in [2.75, 3.05) is 12.3 Å². The normalized spacial score (nSPS) is 28.1. The molecule has 1 aliphatic heterocycles. The molecule has 0 aromatic carbocycles. The molecule has 0 aliphatic carbocycles. The molecular formula is C6H13NS. The van der Waals surface area contributed by atoms with Gasteiger partial charge in [-0.3, -0.25) is 0 Å². The molecule has 0 spiro atoms. The van der Waals surface area contributed by atoms with Crippen LogP contribution in [0.1, 0.15) is 13.8 Å². The van der Waals surface area contributed by atoms with Crippen molar-refractivity contribution < 1.29 is 0 Å².